The molecule has 0 saturated heterocycles. The van der Waals surface area contributed by atoms with Gasteiger partial charge in [-0.1, -0.05) is 6.08 Å². The standard InChI is InChI=1S/C8H13N5OS/c1-2-4-15-5-3-10-7(14)6-11-8(9)13-12-6/h2H,1,3-5H2,(H,10,14)(H3,9,11,12,13). The molecule has 0 aliphatic heterocycles. The number of hydrogen-bond acceptors (Lipinski definition) is 5. The summed E-state index contributed by atoms with van der Waals surface area (Å²) in [5.74, 6) is 1.63. The zero-order valence-corrected chi connectivity index (χ0v) is 9.01. The van der Waals surface area contributed by atoms with Gasteiger partial charge in [-0.25, -0.2) is 0 Å². The predicted octanol–water partition coefficient (Wildman–Crippen LogP) is 0.0359. The first-order valence-corrected chi connectivity index (χ1v) is 5.54. The Hall–Kier alpha value is -1.50. The summed E-state index contributed by atoms with van der Waals surface area (Å²) in [5.41, 5.74) is 5.26. The molecule has 0 saturated carbocycles. The number of nitrogens with zero attached hydrogens (tertiary/aromatic N) is 2. The highest BCUT2D eigenvalue weighted by molar-refractivity contribution is 7.99. The summed E-state index contributed by atoms with van der Waals surface area (Å²) in [7, 11) is 0. The summed E-state index contributed by atoms with van der Waals surface area (Å²) in [6.07, 6.45) is 1.82. The number of nitrogens with one attached hydrogen (secondary N) is 2. The molecule has 7 heteroatoms. The molecular formula is C8H13N5OS. The number of nitrogens with two attached hydrogens (primary N) is 1. The van der Waals surface area contributed by atoms with Crippen molar-refractivity contribution in [3.8, 4) is 0 Å². The van der Waals surface area contributed by atoms with Crippen molar-refractivity contribution in [2.75, 3.05) is 23.8 Å². The molecule has 4 N–H and O–H groups in total. The Morgan fingerprint density at radius 1 is 1.73 bits per heavy atom. The van der Waals surface area contributed by atoms with Gasteiger partial charge in [0, 0.05) is 18.1 Å². The van der Waals surface area contributed by atoms with Gasteiger partial charge in [-0.15, -0.1) is 11.7 Å². The number of carbonyl (C=O) groups excluding carboxylic acids is 1. The van der Waals surface area contributed by atoms with Gasteiger partial charge >= 0.3 is 0 Å². The molecular weight excluding hydrogens is 214 g/mol. The van der Waals surface area contributed by atoms with Crippen molar-refractivity contribution < 1.29 is 4.79 Å². The summed E-state index contributed by atoms with van der Waals surface area (Å²) >= 11 is 1.69. The number of aromatic amines is 1. The van der Waals surface area contributed by atoms with Crippen LogP contribution < -0.4 is 11.1 Å². The third-order valence-corrected chi connectivity index (χ3v) is 2.45. The van der Waals surface area contributed by atoms with Gasteiger partial charge in [0.2, 0.25) is 11.8 Å². The van der Waals surface area contributed by atoms with Crippen LogP contribution in [0.2, 0.25) is 0 Å². The van der Waals surface area contributed by atoms with Gasteiger partial charge in [-0.05, 0) is 0 Å². The van der Waals surface area contributed by atoms with Crippen molar-refractivity contribution in [3.05, 3.63) is 18.5 Å². The Balaban J connectivity index is 2.22. The van der Waals surface area contributed by atoms with Gasteiger partial charge in [0.05, 0.1) is 0 Å². The van der Waals surface area contributed by atoms with Gasteiger partial charge in [-0.3, -0.25) is 9.89 Å². The van der Waals surface area contributed by atoms with E-state index in [1.165, 1.54) is 0 Å². The fraction of sp³-hybridized carbons (Fsp3) is 0.375. The van der Waals surface area contributed by atoms with Crippen LogP contribution in [0.1, 0.15) is 10.6 Å². The quantitative estimate of drug-likeness (QED) is 0.471. The number of nitrogen functional groups attached to an aromatic ring is 1. The van der Waals surface area contributed by atoms with Crippen LogP contribution in [0.3, 0.4) is 0 Å². The van der Waals surface area contributed by atoms with E-state index in [-0.39, 0.29) is 17.7 Å². The predicted molar refractivity (Wildman–Crippen MR) is 60.7 cm³/mol. The summed E-state index contributed by atoms with van der Waals surface area (Å²) in [6.45, 7) is 4.18. The lowest BCUT2D eigenvalue weighted by atomic mass is 10.5. The molecule has 1 amide bonds. The van der Waals surface area contributed by atoms with E-state index in [4.69, 9.17) is 5.73 Å². The van der Waals surface area contributed by atoms with Crippen LogP contribution in [-0.4, -0.2) is 39.1 Å². The lowest BCUT2D eigenvalue weighted by Gasteiger charge is -2.00. The summed E-state index contributed by atoms with van der Waals surface area (Å²) in [6, 6.07) is 0. The molecule has 0 radical (unpaired) electrons. The molecule has 0 aliphatic rings. The van der Waals surface area contributed by atoms with Crippen LogP contribution in [0.15, 0.2) is 12.7 Å². The highest BCUT2D eigenvalue weighted by Gasteiger charge is 2.08. The van der Waals surface area contributed by atoms with Crippen molar-refractivity contribution in [1.29, 1.82) is 0 Å². The average molecular weight is 227 g/mol. The number of thioether (sulfide) groups is 1. The minimum Gasteiger partial charge on any atom is -0.366 e. The van der Waals surface area contributed by atoms with Gasteiger partial charge in [0.25, 0.3) is 5.91 Å². The second-order valence-electron chi connectivity index (χ2n) is 2.66. The van der Waals surface area contributed by atoms with Crippen LogP contribution in [-0.2, 0) is 0 Å². The van der Waals surface area contributed by atoms with E-state index in [1.807, 2.05) is 6.08 Å². The lowest BCUT2D eigenvalue weighted by Crippen LogP contribution is -2.26. The second kappa shape index (κ2) is 6.07. The summed E-state index contributed by atoms with van der Waals surface area (Å²) in [4.78, 5) is 15.1. The largest absolute Gasteiger partial charge is 0.366 e. The highest BCUT2D eigenvalue weighted by Crippen LogP contribution is 1.98. The first-order chi connectivity index (χ1) is 7.24. The molecule has 15 heavy (non-hydrogen) atoms. The van der Waals surface area contributed by atoms with Crippen LogP contribution >= 0.6 is 11.8 Å². The lowest BCUT2D eigenvalue weighted by molar-refractivity contribution is 0.0946. The molecule has 1 aromatic heterocycles. The minimum absolute atomic E-state index is 0.0705. The molecule has 0 unspecified atom stereocenters. The molecule has 0 aliphatic carbocycles. The zero-order chi connectivity index (χ0) is 11.1. The van der Waals surface area contributed by atoms with Gasteiger partial charge < -0.3 is 11.1 Å². The van der Waals surface area contributed by atoms with E-state index >= 15 is 0 Å². The first kappa shape index (κ1) is 11.6. The fourth-order valence-corrected chi connectivity index (χ4v) is 1.44. The maximum atomic E-state index is 11.4. The van der Waals surface area contributed by atoms with Crippen molar-refractivity contribution in [1.82, 2.24) is 20.5 Å². The number of rotatable bonds is 6. The van der Waals surface area contributed by atoms with Crippen LogP contribution in [0.25, 0.3) is 0 Å². The fourth-order valence-electron chi connectivity index (χ4n) is 0.863. The topological polar surface area (TPSA) is 96.7 Å². The number of aromatic nitrogens is 3. The summed E-state index contributed by atoms with van der Waals surface area (Å²) < 4.78 is 0. The minimum atomic E-state index is -0.293. The normalized spacial score (nSPS) is 9.87. The molecule has 0 aromatic carbocycles. The Morgan fingerprint density at radius 2 is 2.53 bits per heavy atom. The van der Waals surface area contributed by atoms with Gasteiger partial charge in [0.15, 0.2) is 0 Å². The van der Waals surface area contributed by atoms with E-state index in [0.29, 0.717) is 6.54 Å². The number of amides is 1. The molecule has 0 bridgehead atoms. The maximum absolute atomic E-state index is 11.4. The smallest absolute Gasteiger partial charge is 0.288 e. The summed E-state index contributed by atoms with van der Waals surface area (Å²) in [5, 5.41) is 8.68. The highest BCUT2D eigenvalue weighted by atomic mass is 32.2. The van der Waals surface area contributed by atoms with Crippen LogP contribution in [0.4, 0.5) is 5.95 Å². The van der Waals surface area contributed by atoms with Crippen molar-refractivity contribution in [2.24, 2.45) is 0 Å². The number of anilines is 1. The van der Waals surface area contributed by atoms with E-state index in [2.05, 4.69) is 27.1 Å². The van der Waals surface area contributed by atoms with Crippen LogP contribution in [0, 0.1) is 0 Å². The second-order valence-corrected chi connectivity index (χ2v) is 3.81. The van der Waals surface area contributed by atoms with Gasteiger partial charge in [0.1, 0.15) is 0 Å². The van der Waals surface area contributed by atoms with E-state index in [1.54, 1.807) is 11.8 Å². The average Bonchev–Trinajstić information content (AvgIpc) is 2.64. The van der Waals surface area contributed by atoms with Crippen molar-refractivity contribution >= 4 is 23.6 Å². The molecule has 0 atom stereocenters. The number of hydrogen-bond donors (Lipinski definition) is 3. The monoisotopic (exact) mass is 227 g/mol. The van der Waals surface area contributed by atoms with E-state index in [9.17, 15) is 4.79 Å². The molecule has 0 fully saturated rings. The molecule has 0 spiro atoms. The first-order valence-electron chi connectivity index (χ1n) is 4.38. The van der Waals surface area contributed by atoms with Crippen LogP contribution in [0.5, 0.6) is 0 Å². The molecule has 1 rings (SSSR count). The molecule has 1 heterocycles. The van der Waals surface area contributed by atoms with Crippen molar-refractivity contribution in [2.45, 2.75) is 0 Å². The SMILES string of the molecule is C=CCSCCNC(=O)c1nc(N)n[nH]1. The number of carbonyl (C=O) groups is 1. The molecule has 1 aromatic rings. The van der Waals surface area contributed by atoms with E-state index in [0.717, 1.165) is 11.5 Å². The van der Waals surface area contributed by atoms with E-state index < -0.39 is 0 Å². The Bertz CT molecular complexity index is 338. The number of H-pyrrole nitrogens is 1. The maximum Gasteiger partial charge on any atom is 0.288 e. The Kier molecular flexibility index (Phi) is 4.69. The Labute approximate surface area is 91.7 Å². The Morgan fingerprint density at radius 3 is 3.13 bits per heavy atom. The third-order valence-electron chi connectivity index (χ3n) is 1.49. The zero-order valence-electron chi connectivity index (χ0n) is 8.19. The van der Waals surface area contributed by atoms with Gasteiger partial charge in [-0.2, -0.15) is 16.7 Å². The molecule has 82 valence electrons. The molecule has 6 nitrogen and oxygen atoms in total. The third kappa shape index (κ3) is 4.03. The van der Waals surface area contributed by atoms with Crippen molar-refractivity contribution in [3.63, 3.8) is 0 Å².